The number of nitrogens with one attached hydrogen (secondary N) is 1. The summed E-state index contributed by atoms with van der Waals surface area (Å²) in [4.78, 5) is 16.4. The first-order valence-electron chi connectivity index (χ1n) is 9.67. The molecule has 0 aromatic carbocycles. The molecule has 1 aliphatic heterocycles. The van der Waals surface area contributed by atoms with Gasteiger partial charge in [-0.15, -0.1) is 10.2 Å². The molecular formula is C19H25N5O2S. The highest BCUT2D eigenvalue weighted by Crippen LogP contribution is 2.26. The summed E-state index contributed by atoms with van der Waals surface area (Å²) in [7, 11) is 0. The first-order chi connectivity index (χ1) is 13.3. The zero-order chi connectivity index (χ0) is 18.5. The van der Waals surface area contributed by atoms with E-state index >= 15 is 0 Å². The molecule has 1 N–H and O–H groups in total. The SMILES string of the molecule is O=C(CSc1nnc(-c2ccncc2)n1C[C@@H]1CCCO1)NC1CCCC1. The van der Waals surface area contributed by atoms with Gasteiger partial charge in [-0.2, -0.15) is 0 Å². The lowest BCUT2D eigenvalue weighted by Gasteiger charge is -2.15. The largest absolute Gasteiger partial charge is 0.376 e. The Morgan fingerprint density at radius 3 is 2.74 bits per heavy atom. The van der Waals surface area contributed by atoms with E-state index in [0.29, 0.717) is 18.3 Å². The van der Waals surface area contributed by atoms with Gasteiger partial charge in [0.25, 0.3) is 0 Å². The third-order valence-electron chi connectivity index (χ3n) is 5.12. The van der Waals surface area contributed by atoms with Crippen LogP contribution in [0.2, 0.25) is 0 Å². The molecule has 0 spiro atoms. The number of carbonyl (C=O) groups is 1. The van der Waals surface area contributed by atoms with Gasteiger partial charge in [0, 0.05) is 30.6 Å². The molecule has 2 aliphatic rings. The number of carbonyl (C=O) groups excluding carboxylic acids is 1. The number of thioether (sulfide) groups is 1. The molecule has 0 bridgehead atoms. The van der Waals surface area contributed by atoms with Crippen molar-refractivity contribution in [2.75, 3.05) is 12.4 Å². The van der Waals surface area contributed by atoms with E-state index in [9.17, 15) is 4.79 Å². The number of hydrogen-bond acceptors (Lipinski definition) is 6. The zero-order valence-electron chi connectivity index (χ0n) is 15.3. The Bertz CT molecular complexity index is 755. The van der Waals surface area contributed by atoms with E-state index in [1.54, 1.807) is 12.4 Å². The number of nitrogens with zero attached hydrogens (tertiary/aromatic N) is 4. The van der Waals surface area contributed by atoms with E-state index < -0.39 is 0 Å². The van der Waals surface area contributed by atoms with E-state index in [0.717, 1.165) is 48.8 Å². The Morgan fingerprint density at radius 2 is 2.00 bits per heavy atom. The minimum atomic E-state index is 0.0732. The van der Waals surface area contributed by atoms with Gasteiger partial charge in [-0.25, -0.2) is 0 Å². The summed E-state index contributed by atoms with van der Waals surface area (Å²) in [5.74, 6) is 1.23. The molecule has 8 heteroatoms. The topological polar surface area (TPSA) is 81.9 Å². The van der Waals surface area contributed by atoms with Crippen LogP contribution < -0.4 is 5.32 Å². The normalized spacial score (nSPS) is 20.2. The van der Waals surface area contributed by atoms with Crippen LogP contribution in [-0.2, 0) is 16.1 Å². The maximum Gasteiger partial charge on any atom is 0.230 e. The predicted molar refractivity (Wildman–Crippen MR) is 103 cm³/mol. The van der Waals surface area contributed by atoms with Crippen molar-refractivity contribution >= 4 is 17.7 Å². The minimum absolute atomic E-state index is 0.0732. The second kappa shape index (κ2) is 8.84. The van der Waals surface area contributed by atoms with Crippen LogP contribution in [0.4, 0.5) is 0 Å². The van der Waals surface area contributed by atoms with Crippen LogP contribution in [0.3, 0.4) is 0 Å². The fraction of sp³-hybridized carbons (Fsp3) is 0.579. The van der Waals surface area contributed by atoms with Crippen molar-refractivity contribution < 1.29 is 9.53 Å². The molecule has 1 atom stereocenters. The Morgan fingerprint density at radius 1 is 1.19 bits per heavy atom. The highest BCUT2D eigenvalue weighted by atomic mass is 32.2. The summed E-state index contributed by atoms with van der Waals surface area (Å²) < 4.78 is 7.89. The quantitative estimate of drug-likeness (QED) is 0.736. The first-order valence-corrected chi connectivity index (χ1v) is 10.7. The molecule has 2 fully saturated rings. The maximum absolute atomic E-state index is 12.3. The lowest BCUT2D eigenvalue weighted by Crippen LogP contribution is -2.33. The van der Waals surface area contributed by atoms with E-state index in [1.807, 2.05) is 12.1 Å². The summed E-state index contributed by atoms with van der Waals surface area (Å²) in [6, 6.07) is 4.20. The number of pyridine rings is 1. The van der Waals surface area contributed by atoms with Crippen molar-refractivity contribution in [2.45, 2.75) is 62.4 Å². The number of rotatable bonds is 7. The molecule has 27 heavy (non-hydrogen) atoms. The number of hydrogen-bond donors (Lipinski definition) is 1. The van der Waals surface area contributed by atoms with Crippen LogP contribution in [0.1, 0.15) is 38.5 Å². The molecule has 1 saturated heterocycles. The molecule has 3 heterocycles. The van der Waals surface area contributed by atoms with Crippen LogP contribution in [0, 0.1) is 0 Å². The van der Waals surface area contributed by atoms with E-state index in [-0.39, 0.29) is 12.0 Å². The lowest BCUT2D eigenvalue weighted by molar-refractivity contribution is -0.119. The summed E-state index contributed by atoms with van der Waals surface area (Å²) in [6.45, 7) is 1.51. The van der Waals surface area contributed by atoms with Crippen LogP contribution in [0.15, 0.2) is 29.7 Å². The van der Waals surface area contributed by atoms with Crippen molar-refractivity contribution in [3.63, 3.8) is 0 Å². The molecule has 0 unspecified atom stereocenters. The molecule has 144 valence electrons. The van der Waals surface area contributed by atoms with Gasteiger partial charge >= 0.3 is 0 Å². The van der Waals surface area contributed by atoms with Crippen LogP contribution in [0.25, 0.3) is 11.4 Å². The monoisotopic (exact) mass is 387 g/mol. The summed E-state index contributed by atoms with van der Waals surface area (Å²) in [5.41, 5.74) is 0.970. The van der Waals surface area contributed by atoms with Crippen molar-refractivity contribution in [1.29, 1.82) is 0 Å². The lowest BCUT2D eigenvalue weighted by atomic mass is 10.2. The van der Waals surface area contributed by atoms with Crippen molar-refractivity contribution in [3.05, 3.63) is 24.5 Å². The second-order valence-electron chi connectivity index (χ2n) is 7.13. The predicted octanol–water partition coefficient (Wildman–Crippen LogP) is 2.67. The summed E-state index contributed by atoms with van der Waals surface area (Å²) in [5, 5.41) is 12.6. The molecule has 1 aliphatic carbocycles. The molecule has 7 nitrogen and oxygen atoms in total. The molecule has 0 radical (unpaired) electrons. The smallest absolute Gasteiger partial charge is 0.230 e. The highest BCUT2D eigenvalue weighted by Gasteiger charge is 2.23. The minimum Gasteiger partial charge on any atom is -0.376 e. The van der Waals surface area contributed by atoms with Gasteiger partial charge in [-0.3, -0.25) is 14.3 Å². The van der Waals surface area contributed by atoms with Crippen LogP contribution in [-0.4, -0.2) is 50.2 Å². The maximum atomic E-state index is 12.3. The zero-order valence-corrected chi connectivity index (χ0v) is 16.2. The average molecular weight is 388 g/mol. The highest BCUT2D eigenvalue weighted by molar-refractivity contribution is 7.99. The average Bonchev–Trinajstić information content (AvgIpc) is 3.44. The molecule has 4 rings (SSSR count). The van der Waals surface area contributed by atoms with Gasteiger partial charge in [0.2, 0.25) is 5.91 Å². The summed E-state index contributed by atoms with van der Waals surface area (Å²) in [6.07, 6.45) is 10.4. The fourth-order valence-corrected chi connectivity index (χ4v) is 4.50. The van der Waals surface area contributed by atoms with Gasteiger partial charge in [-0.1, -0.05) is 24.6 Å². The Labute approximate surface area is 163 Å². The number of ether oxygens (including phenoxy) is 1. The fourth-order valence-electron chi connectivity index (χ4n) is 3.74. The van der Waals surface area contributed by atoms with Crippen molar-refractivity contribution in [2.24, 2.45) is 0 Å². The Kier molecular flexibility index (Phi) is 6.03. The van der Waals surface area contributed by atoms with Gasteiger partial charge < -0.3 is 10.1 Å². The number of amides is 1. The van der Waals surface area contributed by atoms with Crippen LogP contribution >= 0.6 is 11.8 Å². The summed E-state index contributed by atoms with van der Waals surface area (Å²) >= 11 is 1.44. The molecular weight excluding hydrogens is 362 g/mol. The van der Waals surface area contributed by atoms with Gasteiger partial charge in [0.05, 0.1) is 18.4 Å². The van der Waals surface area contributed by atoms with Gasteiger partial charge in [-0.05, 0) is 37.8 Å². The molecule has 2 aromatic rings. The molecule has 2 aromatic heterocycles. The standard InChI is InChI=1S/C19H25N5O2S/c25-17(21-15-4-1-2-5-15)13-27-19-23-22-18(14-7-9-20-10-8-14)24(19)12-16-6-3-11-26-16/h7-10,15-16H,1-6,11-13H2,(H,21,25)/t16-/m0/s1. The third-order valence-corrected chi connectivity index (χ3v) is 6.08. The third kappa shape index (κ3) is 4.68. The van der Waals surface area contributed by atoms with E-state index in [2.05, 4.69) is 25.1 Å². The van der Waals surface area contributed by atoms with Crippen LogP contribution in [0.5, 0.6) is 0 Å². The van der Waals surface area contributed by atoms with E-state index in [4.69, 9.17) is 4.74 Å². The second-order valence-corrected chi connectivity index (χ2v) is 8.07. The first kappa shape index (κ1) is 18.4. The van der Waals surface area contributed by atoms with Crippen molar-refractivity contribution in [3.8, 4) is 11.4 Å². The Hall–Kier alpha value is -1.93. The molecule has 1 amide bonds. The van der Waals surface area contributed by atoms with Crippen molar-refractivity contribution in [1.82, 2.24) is 25.1 Å². The van der Waals surface area contributed by atoms with Gasteiger partial charge in [0.15, 0.2) is 11.0 Å². The number of aromatic nitrogens is 4. The van der Waals surface area contributed by atoms with Gasteiger partial charge in [0.1, 0.15) is 0 Å². The molecule has 1 saturated carbocycles. The Balaban J connectivity index is 1.47. The van der Waals surface area contributed by atoms with E-state index in [1.165, 1.54) is 24.6 Å².